The van der Waals surface area contributed by atoms with Gasteiger partial charge in [0.05, 0.1) is 0 Å². The van der Waals surface area contributed by atoms with E-state index in [9.17, 15) is 9.18 Å². The number of nitrogens with zero attached hydrogens (tertiary/aromatic N) is 1. The van der Waals surface area contributed by atoms with E-state index in [4.69, 9.17) is 12.2 Å². The third-order valence-corrected chi connectivity index (χ3v) is 6.30. The quantitative estimate of drug-likeness (QED) is 0.363. The molecule has 0 amide bonds. The normalized spacial score (nSPS) is 11.8. The van der Waals surface area contributed by atoms with E-state index in [0.29, 0.717) is 12.0 Å². The first-order valence-corrected chi connectivity index (χ1v) is 10.5. The van der Waals surface area contributed by atoms with Crippen LogP contribution in [0.5, 0.6) is 0 Å². The Balaban J connectivity index is 2.22. The molecular weight excluding hydrogens is 433 g/mol. The van der Waals surface area contributed by atoms with Gasteiger partial charge in [-0.1, -0.05) is 64.2 Å². The highest BCUT2D eigenvalue weighted by atomic mass is 79.9. The van der Waals surface area contributed by atoms with Crippen LogP contribution in [0.1, 0.15) is 41.4 Å². The van der Waals surface area contributed by atoms with Gasteiger partial charge in [-0.3, -0.25) is 4.79 Å². The summed E-state index contributed by atoms with van der Waals surface area (Å²) in [6, 6.07) is 13.6. The van der Waals surface area contributed by atoms with Crippen LogP contribution in [-0.4, -0.2) is 28.1 Å². The smallest absolute Gasteiger partial charge is 0.164 e. The molecule has 2 aromatic rings. The fourth-order valence-electron chi connectivity index (χ4n) is 2.51. The number of carbonyl (C=O) groups is 1. The average molecular weight is 454 g/mol. The first-order valence-electron chi connectivity index (χ1n) is 8.44. The van der Waals surface area contributed by atoms with Gasteiger partial charge in [-0.2, -0.15) is 0 Å². The molecule has 0 saturated carbocycles. The van der Waals surface area contributed by atoms with Crippen molar-refractivity contribution in [2.45, 2.75) is 25.5 Å². The highest BCUT2D eigenvalue weighted by molar-refractivity contribution is 9.10. The summed E-state index contributed by atoms with van der Waals surface area (Å²) in [4.78, 5) is 14.8. The van der Waals surface area contributed by atoms with E-state index < -0.39 is 0 Å². The lowest BCUT2D eigenvalue weighted by Crippen LogP contribution is -2.27. The van der Waals surface area contributed by atoms with Gasteiger partial charge >= 0.3 is 0 Å². The molecule has 0 radical (unpaired) electrons. The van der Waals surface area contributed by atoms with Crippen molar-refractivity contribution in [3.8, 4) is 0 Å². The lowest BCUT2D eigenvalue weighted by atomic mass is 10.0. The van der Waals surface area contributed by atoms with Crippen LogP contribution in [0.3, 0.4) is 0 Å². The van der Waals surface area contributed by atoms with E-state index in [-0.39, 0.29) is 16.9 Å². The molecule has 0 aliphatic carbocycles. The molecule has 0 saturated heterocycles. The second-order valence-corrected chi connectivity index (χ2v) is 8.48. The number of halogens is 2. The molecule has 138 valence electrons. The summed E-state index contributed by atoms with van der Waals surface area (Å²) in [5.74, 6) is -0.246. The van der Waals surface area contributed by atoms with Crippen LogP contribution in [0.25, 0.3) is 0 Å². The molecule has 0 aliphatic rings. The second-order valence-electron chi connectivity index (χ2n) is 5.73. The summed E-state index contributed by atoms with van der Waals surface area (Å²) >= 11 is 10.4. The van der Waals surface area contributed by atoms with Gasteiger partial charge in [0.25, 0.3) is 0 Å². The van der Waals surface area contributed by atoms with Crippen LogP contribution >= 0.6 is 39.9 Å². The largest absolute Gasteiger partial charge is 0.358 e. The molecule has 1 atom stereocenters. The van der Waals surface area contributed by atoms with Crippen LogP contribution in [0.2, 0.25) is 0 Å². The molecule has 0 bridgehead atoms. The van der Waals surface area contributed by atoms with Crippen LogP contribution in [0, 0.1) is 5.82 Å². The van der Waals surface area contributed by atoms with Crippen molar-refractivity contribution in [2.75, 3.05) is 13.1 Å². The number of carbonyl (C=O) groups excluding carboxylic acids is 1. The molecule has 2 rings (SSSR count). The average Bonchev–Trinajstić information content (AvgIpc) is 2.63. The number of rotatable bonds is 7. The maximum atomic E-state index is 13.3. The van der Waals surface area contributed by atoms with Crippen molar-refractivity contribution in [1.82, 2.24) is 4.90 Å². The van der Waals surface area contributed by atoms with E-state index in [1.54, 1.807) is 12.1 Å². The highest BCUT2D eigenvalue weighted by Crippen LogP contribution is 2.35. The molecule has 0 heterocycles. The van der Waals surface area contributed by atoms with Crippen molar-refractivity contribution in [3.63, 3.8) is 0 Å². The SMILES string of the molecule is CCN(CC)C(=S)SC(CC(=O)c1ccc(Br)cc1)c1ccc(F)cc1. The maximum absolute atomic E-state index is 13.3. The molecule has 1 unspecified atom stereocenters. The van der Waals surface area contributed by atoms with E-state index >= 15 is 0 Å². The molecule has 6 heteroatoms. The molecule has 2 aromatic carbocycles. The van der Waals surface area contributed by atoms with Gasteiger partial charge < -0.3 is 4.90 Å². The third-order valence-electron chi connectivity index (χ3n) is 4.04. The highest BCUT2D eigenvalue weighted by Gasteiger charge is 2.21. The van der Waals surface area contributed by atoms with Crippen molar-refractivity contribution in [3.05, 3.63) is 69.9 Å². The van der Waals surface area contributed by atoms with Crippen LogP contribution < -0.4 is 0 Å². The summed E-state index contributed by atoms with van der Waals surface area (Å²) in [7, 11) is 0. The van der Waals surface area contributed by atoms with Crippen molar-refractivity contribution < 1.29 is 9.18 Å². The number of Topliss-reactive ketones (excluding diaryl/α,β-unsaturated/α-hetero) is 1. The first kappa shape index (κ1) is 21.1. The molecule has 0 fully saturated rings. The Hall–Kier alpha value is -1.24. The van der Waals surface area contributed by atoms with Crippen molar-refractivity contribution in [1.29, 1.82) is 0 Å². The molecule has 26 heavy (non-hydrogen) atoms. The Labute approximate surface area is 172 Å². The minimum Gasteiger partial charge on any atom is -0.358 e. The van der Waals surface area contributed by atoms with Crippen LogP contribution in [0.15, 0.2) is 53.0 Å². The van der Waals surface area contributed by atoms with E-state index in [1.807, 2.05) is 24.3 Å². The zero-order valence-corrected chi connectivity index (χ0v) is 18.0. The van der Waals surface area contributed by atoms with Gasteiger partial charge in [0.1, 0.15) is 10.1 Å². The van der Waals surface area contributed by atoms with Gasteiger partial charge in [-0.15, -0.1) is 0 Å². The van der Waals surface area contributed by atoms with Gasteiger partial charge in [-0.05, 0) is 43.7 Å². The standard InChI is InChI=1S/C20H21BrFNOS2/c1-3-23(4-2)20(25)26-19(15-7-11-17(22)12-8-15)13-18(24)14-5-9-16(21)10-6-14/h5-12,19H,3-4,13H2,1-2H3. The third kappa shape index (κ3) is 5.89. The number of hydrogen-bond acceptors (Lipinski definition) is 3. The topological polar surface area (TPSA) is 20.3 Å². The van der Waals surface area contributed by atoms with Crippen LogP contribution in [0.4, 0.5) is 4.39 Å². The predicted octanol–water partition coefficient (Wildman–Crippen LogP) is 6.26. The van der Waals surface area contributed by atoms with Crippen molar-refractivity contribution in [2.24, 2.45) is 0 Å². The summed E-state index contributed by atoms with van der Waals surface area (Å²) < 4.78 is 15.0. The Morgan fingerprint density at radius 3 is 2.23 bits per heavy atom. The lowest BCUT2D eigenvalue weighted by molar-refractivity contribution is 0.0982. The van der Waals surface area contributed by atoms with E-state index in [0.717, 1.165) is 27.4 Å². The van der Waals surface area contributed by atoms with E-state index in [2.05, 4.69) is 34.7 Å². The van der Waals surface area contributed by atoms with Gasteiger partial charge in [-0.25, -0.2) is 4.39 Å². The van der Waals surface area contributed by atoms with Gasteiger partial charge in [0.2, 0.25) is 0 Å². The fourth-order valence-corrected chi connectivity index (χ4v) is 4.55. The van der Waals surface area contributed by atoms with Gasteiger partial charge in [0, 0.05) is 34.8 Å². The number of ketones is 1. The first-order chi connectivity index (χ1) is 12.4. The molecule has 0 N–H and O–H groups in total. The Morgan fingerprint density at radius 2 is 1.69 bits per heavy atom. The second kappa shape index (κ2) is 10.2. The molecule has 0 aliphatic heterocycles. The fraction of sp³-hybridized carbons (Fsp3) is 0.300. The summed E-state index contributed by atoms with van der Waals surface area (Å²) in [5.41, 5.74) is 1.56. The summed E-state index contributed by atoms with van der Waals surface area (Å²) in [6.45, 7) is 5.74. The Bertz CT molecular complexity index is 745. The zero-order chi connectivity index (χ0) is 19.1. The van der Waals surface area contributed by atoms with Gasteiger partial charge in [0.15, 0.2) is 5.78 Å². The predicted molar refractivity (Wildman–Crippen MR) is 115 cm³/mol. The summed E-state index contributed by atoms with van der Waals surface area (Å²) in [6.07, 6.45) is 0.305. The molecule has 0 aromatic heterocycles. The number of hydrogen-bond donors (Lipinski definition) is 0. The monoisotopic (exact) mass is 453 g/mol. The zero-order valence-electron chi connectivity index (χ0n) is 14.7. The summed E-state index contributed by atoms with van der Waals surface area (Å²) in [5, 5.41) is -0.153. The molecular formula is C20H21BrFNOS2. The Kier molecular flexibility index (Phi) is 8.25. The van der Waals surface area contributed by atoms with Crippen LogP contribution in [-0.2, 0) is 0 Å². The maximum Gasteiger partial charge on any atom is 0.164 e. The minimum absolute atomic E-state index is 0.0432. The lowest BCUT2D eigenvalue weighted by Gasteiger charge is -2.25. The Morgan fingerprint density at radius 1 is 1.12 bits per heavy atom. The molecule has 2 nitrogen and oxygen atoms in total. The molecule has 0 spiro atoms. The number of thiocarbonyl (C=S) groups is 1. The number of thioether (sulfide) groups is 1. The van der Waals surface area contributed by atoms with E-state index in [1.165, 1.54) is 23.9 Å². The minimum atomic E-state index is -0.289. The van der Waals surface area contributed by atoms with Crippen molar-refractivity contribution >= 4 is 50.0 Å². The number of benzene rings is 2.